The standard InChI is InChI=1S/C17H26N2O/c1-13(2)20-17-11-14(12-18-15-6-7-15)5-8-16(17)19-9-3-4-10-19/h5,8,11,13,15,18H,3-4,6-7,9-10,12H2,1-2H3. The van der Waals surface area contributed by atoms with Gasteiger partial charge in [-0.3, -0.25) is 0 Å². The molecule has 1 N–H and O–H groups in total. The van der Waals surface area contributed by atoms with Crippen LogP contribution in [0.4, 0.5) is 5.69 Å². The highest BCUT2D eigenvalue weighted by Gasteiger charge is 2.21. The Hall–Kier alpha value is -1.22. The number of rotatable bonds is 6. The van der Waals surface area contributed by atoms with Crippen LogP contribution in [0.2, 0.25) is 0 Å². The zero-order valence-electron chi connectivity index (χ0n) is 12.7. The van der Waals surface area contributed by atoms with Crippen LogP contribution in [0.5, 0.6) is 5.75 Å². The van der Waals surface area contributed by atoms with Gasteiger partial charge in [-0.2, -0.15) is 0 Å². The molecule has 1 aliphatic carbocycles. The molecule has 2 fully saturated rings. The molecule has 20 heavy (non-hydrogen) atoms. The summed E-state index contributed by atoms with van der Waals surface area (Å²) in [6, 6.07) is 7.47. The van der Waals surface area contributed by atoms with Gasteiger partial charge in [-0.05, 0) is 57.2 Å². The predicted molar refractivity (Wildman–Crippen MR) is 83.5 cm³/mol. The van der Waals surface area contributed by atoms with Gasteiger partial charge in [-0.15, -0.1) is 0 Å². The molecule has 3 rings (SSSR count). The Kier molecular flexibility index (Phi) is 4.16. The van der Waals surface area contributed by atoms with E-state index in [0.29, 0.717) is 0 Å². The topological polar surface area (TPSA) is 24.5 Å². The molecule has 0 bridgehead atoms. The molecule has 1 aromatic rings. The first-order chi connectivity index (χ1) is 9.72. The highest BCUT2D eigenvalue weighted by atomic mass is 16.5. The summed E-state index contributed by atoms with van der Waals surface area (Å²) < 4.78 is 6.05. The Morgan fingerprint density at radius 2 is 2.00 bits per heavy atom. The van der Waals surface area contributed by atoms with Crippen molar-refractivity contribution in [3.63, 3.8) is 0 Å². The normalized spacial score (nSPS) is 18.9. The van der Waals surface area contributed by atoms with E-state index in [2.05, 4.69) is 42.3 Å². The van der Waals surface area contributed by atoms with Gasteiger partial charge in [0.25, 0.3) is 0 Å². The van der Waals surface area contributed by atoms with Crippen LogP contribution in [0.25, 0.3) is 0 Å². The number of hydrogen-bond acceptors (Lipinski definition) is 3. The average Bonchev–Trinajstić information content (AvgIpc) is 3.09. The van der Waals surface area contributed by atoms with Crippen molar-refractivity contribution in [1.82, 2.24) is 5.32 Å². The van der Waals surface area contributed by atoms with Gasteiger partial charge >= 0.3 is 0 Å². The Morgan fingerprint density at radius 1 is 1.25 bits per heavy atom. The van der Waals surface area contributed by atoms with E-state index < -0.39 is 0 Å². The van der Waals surface area contributed by atoms with Gasteiger partial charge in [-0.25, -0.2) is 0 Å². The number of anilines is 1. The van der Waals surface area contributed by atoms with E-state index in [4.69, 9.17) is 4.74 Å². The molecule has 1 aliphatic heterocycles. The summed E-state index contributed by atoms with van der Waals surface area (Å²) in [6.07, 6.45) is 5.49. The van der Waals surface area contributed by atoms with Crippen LogP contribution in [-0.2, 0) is 6.54 Å². The van der Waals surface area contributed by atoms with E-state index in [-0.39, 0.29) is 6.10 Å². The summed E-state index contributed by atoms with van der Waals surface area (Å²) in [5.41, 5.74) is 2.60. The van der Waals surface area contributed by atoms with Crippen LogP contribution >= 0.6 is 0 Å². The van der Waals surface area contributed by atoms with Crippen molar-refractivity contribution in [3.05, 3.63) is 23.8 Å². The molecule has 1 saturated heterocycles. The molecule has 0 radical (unpaired) electrons. The highest BCUT2D eigenvalue weighted by molar-refractivity contribution is 5.60. The van der Waals surface area contributed by atoms with Gasteiger partial charge in [0.1, 0.15) is 5.75 Å². The maximum absolute atomic E-state index is 6.05. The maximum Gasteiger partial charge on any atom is 0.143 e. The van der Waals surface area contributed by atoms with Gasteiger partial charge in [0.15, 0.2) is 0 Å². The van der Waals surface area contributed by atoms with Gasteiger partial charge < -0.3 is 15.0 Å². The van der Waals surface area contributed by atoms with Crippen molar-refractivity contribution in [2.24, 2.45) is 0 Å². The number of hydrogen-bond donors (Lipinski definition) is 1. The quantitative estimate of drug-likeness (QED) is 0.861. The lowest BCUT2D eigenvalue weighted by molar-refractivity contribution is 0.242. The zero-order chi connectivity index (χ0) is 13.9. The minimum Gasteiger partial charge on any atom is -0.489 e. The third-order valence-electron chi connectivity index (χ3n) is 4.01. The lowest BCUT2D eigenvalue weighted by atomic mass is 10.1. The molecule has 0 unspecified atom stereocenters. The van der Waals surface area contributed by atoms with E-state index in [0.717, 1.165) is 31.4 Å². The van der Waals surface area contributed by atoms with Crippen LogP contribution in [-0.4, -0.2) is 25.2 Å². The third kappa shape index (κ3) is 3.45. The molecule has 1 aromatic carbocycles. The van der Waals surface area contributed by atoms with Crippen molar-refractivity contribution >= 4 is 5.69 Å². The zero-order valence-corrected chi connectivity index (χ0v) is 12.7. The predicted octanol–water partition coefficient (Wildman–Crippen LogP) is 3.33. The fraction of sp³-hybridized carbons (Fsp3) is 0.647. The van der Waals surface area contributed by atoms with Gasteiger partial charge in [-0.1, -0.05) is 6.07 Å². The number of nitrogens with one attached hydrogen (secondary N) is 1. The van der Waals surface area contributed by atoms with Crippen molar-refractivity contribution in [2.45, 2.75) is 58.2 Å². The monoisotopic (exact) mass is 274 g/mol. The van der Waals surface area contributed by atoms with Crippen molar-refractivity contribution in [3.8, 4) is 5.75 Å². The van der Waals surface area contributed by atoms with Gasteiger partial charge in [0.2, 0.25) is 0 Å². The average molecular weight is 274 g/mol. The Morgan fingerprint density at radius 3 is 2.65 bits per heavy atom. The van der Waals surface area contributed by atoms with Crippen LogP contribution in [0.15, 0.2) is 18.2 Å². The lowest BCUT2D eigenvalue weighted by Gasteiger charge is -2.23. The molecule has 0 aromatic heterocycles. The largest absolute Gasteiger partial charge is 0.489 e. The van der Waals surface area contributed by atoms with E-state index in [1.165, 1.54) is 36.9 Å². The summed E-state index contributed by atoms with van der Waals surface area (Å²) in [5, 5.41) is 3.57. The van der Waals surface area contributed by atoms with E-state index in [9.17, 15) is 0 Å². The smallest absolute Gasteiger partial charge is 0.143 e. The van der Waals surface area contributed by atoms with E-state index >= 15 is 0 Å². The molecule has 3 nitrogen and oxygen atoms in total. The first-order valence-corrected chi connectivity index (χ1v) is 8.00. The molecule has 1 heterocycles. The summed E-state index contributed by atoms with van der Waals surface area (Å²) in [4.78, 5) is 2.45. The highest BCUT2D eigenvalue weighted by Crippen LogP contribution is 2.33. The molecule has 2 aliphatic rings. The summed E-state index contributed by atoms with van der Waals surface area (Å²) in [6.45, 7) is 7.48. The Labute approximate surface area is 122 Å². The SMILES string of the molecule is CC(C)Oc1cc(CNC2CC2)ccc1N1CCCC1. The minimum atomic E-state index is 0.225. The fourth-order valence-electron chi connectivity index (χ4n) is 2.79. The molecule has 0 amide bonds. The minimum absolute atomic E-state index is 0.225. The van der Waals surface area contributed by atoms with Crippen molar-refractivity contribution in [2.75, 3.05) is 18.0 Å². The third-order valence-corrected chi connectivity index (χ3v) is 4.01. The molecular formula is C17H26N2O. The molecule has 0 spiro atoms. The summed E-state index contributed by atoms with van der Waals surface area (Å²) in [5.74, 6) is 1.05. The second-order valence-corrected chi connectivity index (χ2v) is 6.32. The van der Waals surface area contributed by atoms with Crippen LogP contribution in [0.1, 0.15) is 45.1 Å². The molecule has 0 atom stereocenters. The molecule has 1 saturated carbocycles. The maximum atomic E-state index is 6.05. The van der Waals surface area contributed by atoms with Crippen LogP contribution < -0.4 is 15.0 Å². The van der Waals surface area contributed by atoms with Crippen LogP contribution in [0.3, 0.4) is 0 Å². The molecule has 110 valence electrons. The second-order valence-electron chi connectivity index (χ2n) is 6.32. The first-order valence-electron chi connectivity index (χ1n) is 8.00. The molecule has 3 heteroatoms. The van der Waals surface area contributed by atoms with Crippen molar-refractivity contribution < 1.29 is 4.74 Å². The number of benzene rings is 1. The summed E-state index contributed by atoms with van der Waals surface area (Å²) in [7, 11) is 0. The second kappa shape index (κ2) is 6.04. The van der Waals surface area contributed by atoms with E-state index in [1.54, 1.807) is 0 Å². The fourth-order valence-corrected chi connectivity index (χ4v) is 2.79. The van der Waals surface area contributed by atoms with Gasteiger partial charge in [0, 0.05) is 25.7 Å². The first kappa shape index (κ1) is 13.7. The lowest BCUT2D eigenvalue weighted by Crippen LogP contribution is -2.20. The summed E-state index contributed by atoms with van der Waals surface area (Å²) >= 11 is 0. The van der Waals surface area contributed by atoms with Crippen molar-refractivity contribution in [1.29, 1.82) is 0 Å². The Bertz CT molecular complexity index is 448. The number of ether oxygens (including phenoxy) is 1. The number of nitrogens with zero attached hydrogens (tertiary/aromatic N) is 1. The van der Waals surface area contributed by atoms with Crippen LogP contribution in [0, 0.1) is 0 Å². The Balaban J connectivity index is 1.76. The van der Waals surface area contributed by atoms with Gasteiger partial charge in [0.05, 0.1) is 11.8 Å². The molecular weight excluding hydrogens is 248 g/mol. The van der Waals surface area contributed by atoms with E-state index in [1.807, 2.05) is 0 Å².